The number of piperidine rings is 1. The van der Waals surface area contributed by atoms with Crippen molar-refractivity contribution in [1.82, 2.24) is 14.9 Å². The summed E-state index contributed by atoms with van der Waals surface area (Å²) in [5.41, 5.74) is 1.08. The highest BCUT2D eigenvalue weighted by molar-refractivity contribution is 14.0. The van der Waals surface area contributed by atoms with Gasteiger partial charge in [-0.2, -0.15) is 4.31 Å². The molecule has 2 N–H and O–H groups in total. The summed E-state index contributed by atoms with van der Waals surface area (Å²) in [6, 6.07) is 16.5. The van der Waals surface area contributed by atoms with Crippen LogP contribution in [0.4, 0.5) is 0 Å². The maximum atomic E-state index is 12.8. The molecule has 3 rings (SSSR count). The van der Waals surface area contributed by atoms with Crippen LogP contribution >= 0.6 is 24.0 Å². The number of sulfonamides is 1. The van der Waals surface area contributed by atoms with Gasteiger partial charge in [-0.1, -0.05) is 30.3 Å². The molecule has 0 saturated carbocycles. The summed E-state index contributed by atoms with van der Waals surface area (Å²) in [5, 5.41) is 6.69. The average molecular weight is 573 g/mol. The second-order valence-corrected chi connectivity index (χ2v) is 9.53. The van der Waals surface area contributed by atoms with Crippen LogP contribution in [0.15, 0.2) is 64.5 Å². The molecule has 1 fully saturated rings. The Morgan fingerprint density at radius 1 is 1.09 bits per heavy atom. The lowest BCUT2D eigenvalue weighted by Crippen LogP contribution is -2.44. The highest BCUT2D eigenvalue weighted by Gasteiger charge is 2.29. The largest absolute Gasteiger partial charge is 0.497 e. The number of nitrogens with zero attached hydrogens (tertiary/aromatic N) is 2. The highest BCUT2D eigenvalue weighted by atomic mass is 127. The normalized spacial score (nSPS) is 15.6. The fourth-order valence-electron chi connectivity index (χ4n) is 3.62. The minimum absolute atomic E-state index is 0. The molecule has 0 spiro atoms. The number of rotatable bonds is 8. The molecular formula is C23H33IN4O3S. The predicted octanol–water partition coefficient (Wildman–Crippen LogP) is 3.47. The standard InChI is InChI=1S/C23H32N4O3S.HI/c1-3-24-23(26-18-20-8-7-9-21(16-20)30-2)25-17-19-12-14-27(15-13-19)31(28,29)22-10-5-4-6-11-22;/h4-11,16,19H,3,12-15,17-18H2,1-2H3,(H2,24,25,26);1H. The first kappa shape index (κ1) is 26.4. The number of methoxy groups -OCH3 is 1. The summed E-state index contributed by atoms with van der Waals surface area (Å²) in [6.45, 7) is 5.22. The maximum Gasteiger partial charge on any atom is 0.243 e. The molecule has 0 aliphatic carbocycles. The van der Waals surface area contributed by atoms with E-state index >= 15 is 0 Å². The number of aliphatic imine (C=N–C) groups is 1. The van der Waals surface area contributed by atoms with E-state index in [0.29, 0.717) is 30.4 Å². The van der Waals surface area contributed by atoms with Crippen LogP contribution in [0.25, 0.3) is 0 Å². The lowest BCUT2D eigenvalue weighted by molar-refractivity contribution is 0.273. The van der Waals surface area contributed by atoms with Crippen LogP contribution in [-0.2, 0) is 16.6 Å². The number of hydrogen-bond acceptors (Lipinski definition) is 4. The van der Waals surface area contributed by atoms with E-state index in [0.717, 1.165) is 43.2 Å². The van der Waals surface area contributed by atoms with Crippen molar-refractivity contribution in [1.29, 1.82) is 0 Å². The Hall–Kier alpha value is -1.85. The molecule has 2 aromatic rings. The molecule has 1 aliphatic rings. The van der Waals surface area contributed by atoms with Crippen LogP contribution in [0.3, 0.4) is 0 Å². The first-order valence-corrected chi connectivity index (χ1v) is 12.2. The predicted molar refractivity (Wildman–Crippen MR) is 139 cm³/mol. The van der Waals surface area contributed by atoms with Gasteiger partial charge in [-0.05, 0) is 55.5 Å². The van der Waals surface area contributed by atoms with Gasteiger partial charge in [0, 0.05) is 26.2 Å². The molecule has 0 amide bonds. The van der Waals surface area contributed by atoms with Gasteiger partial charge < -0.3 is 15.4 Å². The molecule has 0 atom stereocenters. The number of benzene rings is 2. The molecule has 0 bridgehead atoms. The van der Waals surface area contributed by atoms with Gasteiger partial charge >= 0.3 is 0 Å². The van der Waals surface area contributed by atoms with Crippen molar-refractivity contribution in [2.45, 2.75) is 31.2 Å². The Kier molecular flexibility index (Phi) is 10.7. The monoisotopic (exact) mass is 572 g/mol. The molecule has 1 heterocycles. The second-order valence-electron chi connectivity index (χ2n) is 7.59. The van der Waals surface area contributed by atoms with Crippen molar-refractivity contribution < 1.29 is 13.2 Å². The lowest BCUT2D eigenvalue weighted by Gasteiger charge is -2.31. The number of ether oxygens (including phenoxy) is 1. The summed E-state index contributed by atoms with van der Waals surface area (Å²) in [4.78, 5) is 5.04. The second kappa shape index (κ2) is 13.0. The van der Waals surface area contributed by atoms with E-state index in [1.807, 2.05) is 37.3 Å². The van der Waals surface area contributed by atoms with Crippen molar-refractivity contribution in [2.75, 3.05) is 33.3 Å². The van der Waals surface area contributed by atoms with Gasteiger partial charge in [0.25, 0.3) is 0 Å². The van der Waals surface area contributed by atoms with E-state index in [1.54, 1.807) is 35.7 Å². The Bertz CT molecular complexity index is 962. The van der Waals surface area contributed by atoms with E-state index in [-0.39, 0.29) is 24.0 Å². The van der Waals surface area contributed by atoms with Crippen molar-refractivity contribution in [3.8, 4) is 5.75 Å². The zero-order valence-corrected chi connectivity index (χ0v) is 21.8. The van der Waals surface area contributed by atoms with Crippen LogP contribution in [0.5, 0.6) is 5.75 Å². The van der Waals surface area contributed by atoms with Gasteiger partial charge in [0.1, 0.15) is 5.75 Å². The van der Waals surface area contributed by atoms with Gasteiger partial charge in [-0.25, -0.2) is 13.4 Å². The van der Waals surface area contributed by atoms with Crippen molar-refractivity contribution in [3.63, 3.8) is 0 Å². The third-order valence-corrected chi connectivity index (χ3v) is 7.32. The van der Waals surface area contributed by atoms with Crippen LogP contribution in [-0.4, -0.2) is 52.0 Å². The topological polar surface area (TPSA) is 83.0 Å². The van der Waals surface area contributed by atoms with Crippen LogP contribution < -0.4 is 15.4 Å². The minimum atomic E-state index is -3.40. The minimum Gasteiger partial charge on any atom is -0.497 e. The smallest absolute Gasteiger partial charge is 0.243 e. The molecular weight excluding hydrogens is 539 g/mol. The fourth-order valence-corrected chi connectivity index (χ4v) is 5.11. The van der Waals surface area contributed by atoms with Gasteiger partial charge in [0.05, 0.1) is 18.6 Å². The van der Waals surface area contributed by atoms with E-state index in [1.165, 1.54) is 0 Å². The zero-order valence-electron chi connectivity index (χ0n) is 18.7. The van der Waals surface area contributed by atoms with Crippen molar-refractivity contribution in [3.05, 3.63) is 60.2 Å². The molecule has 0 radical (unpaired) electrons. The molecule has 0 unspecified atom stereocenters. The Morgan fingerprint density at radius 3 is 2.47 bits per heavy atom. The number of guanidine groups is 1. The van der Waals surface area contributed by atoms with E-state index in [9.17, 15) is 8.42 Å². The quantitative estimate of drug-likeness (QED) is 0.288. The van der Waals surface area contributed by atoms with E-state index in [2.05, 4.69) is 15.6 Å². The Labute approximate surface area is 208 Å². The van der Waals surface area contributed by atoms with Gasteiger partial charge in [-0.15, -0.1) is 24.0 Å². The van der Waals surface area contributed by atoms with Gasteiger partial charge in [0.15, 0.2) is 5.96 Å². The van der Waals surface area contributed by atoms with Crippen molar-refractivity contribution >= 4 is 40.0 Å². The van der Waals surface area contributed by atoms with E-state index in [4.69, 9.17) is 4.74 Å². The van der Waals surface area contributed by atoms with Gasteiger partial charge in [-0.3, -0.25) is 0 Å². The average Bonchev–Trinajstić information content (AvgIpc) is 2.82. The first-order chi connectivity index (χ1) is 15.0. The summed E-state index contributed by atoms with van der Waals surface area (Å²) >= 11 is 0. The molecule has 0 aromatic heterocycles. The van der Waals surface area contributed by atoms with Crippen LogP contribution in [0.1, 0.15) is 25.3 Å². The summed E-state index contributed by atoms with van der Waals surface area (Å²) in [7, 11) is -1.75. The third-order valence-electron chi connectivity index (χ3n) is 5.41. The number of halogens is 1. The van der Waals surface area contributed by atoms with Crippen LogP contribution in [0, 0.1) is 5.92 Å². The zero-order chi connectivity index (χ0) is 22.1. The number of hydrogen-bond donors (Lipinski definition) is 2. The molecule has 176 valence electrons. The first-order valence-electron chi connectivity index (χ1n) is 10.7. The lowest BCUT2D eigenvalue weighted by atomic mass is 9.98. The third kappa shape index (κ3) is 7.35. The molecule has 1 saturated heterocycles. The Balaban J connectivity index is 0.00000363. The SMILES string of the molecule is CCNC(=NCc1cccc(OC)c1)NCC1CCN(S(=O)(=O)c2ccccc2)CC1.I. The maximum absolute atomic E-state index is 12.8. The van der Waals surface area contributed by atoms with Crippen LogP contribution in [0.2, 0.25) is 0 Å². The summed E-state index contributed by atoms with van der Waals surface area (Å²) in [6.07, 6.45) is 1.66. The van der Waals surface area contributed by atoms with E-state index < -0.39 is 10.0 Å². The molecule has 1 aliphatic heterocycles. The van der Waals surface area contributed by atoms with Crippen molar-refractivity contribution in [2.24, 2.45) is 10.9 Å². The Morgan fingerprint density at radius 2 is 1.81 bits per heavy atom. The molecule has 32 heavy (non-hydrogen) atoms. The fraction of sp³-hybridized carbons (Fsp3) is 0.435. The molecule has 2 aromatic carbocycles. The number of nitrogens with one attached hydrogen (secondary N) is 2. The molecule has 9 heteroatoms. The van der Waals surface area contributed by atoms with Gasteiger partial charge in [0.2, 0.25) is 10.0 Å². The summed E-state index contributed by atoms with van der Waals surface area (Å²) in [5.74, 6) is 2.00. The highest BCUT2D eigenvalue weighted by Crippen LogP contribution is 2.23. The molecule has 7 nitrogen and oxygen atoms in total. The summed E-state index contributed by atoms with van der Waals surface area (Å²) < 4.78 is 32.4.